The minimum absolute atomic E-state index is 0.298. The number of carbonyl (C=O) groups is 3. The maximum Gasteiger partial charge on any atom is 0.409 e. The highest BCUT2D eigenvalue weighted by molar-refractivity contribution is 6.30. The van der Waals surface area contributed by atoms with Gasteiger partial charge in [-0.2, -0.15) is 0 Å². The summed E-state index contributed by atoms with van der Waals surface area (Å²) in [5.41, 5.74) is 0.578. The maximum absolute atomic E-state index is 12.9. The SMILES string of the molecule is CCOC(=O)N1CCC2(CC1)OC(=O)C(C)=C2C(=O)NCc1ccc(Cl)cc1. The van der Waals surface area contributed by atoms with Crippen molar-refractivity contribution in [1.82, 2.24) is 10.2 Å². The number of benzene rings is 1. The number of amides is 2. The molecule has 150 valence electrons. The van der Waals surface area contributed by atoms with Gasteiger partial charge in [-0.1, -0.05) is 23.7 Å². The first kappa shape index (κ1) is 20.2. The lowest BCUT2D eigenvalue weighted by atomic mass is 9.83. The molecule has 28 heavy (non-hydrogen) atoms. The first-order chi connectivity index (χ1) is 13.4. The van der Waals surface area contributed by atoms with Crippen molar-refractivity contribution in [3.05, 3.63) is 46.0 Å². The van der Waals surface area contributed by atoms with Gasteiger partial charge in [-0.25, -0.2) is 9.59 Å². The minimum atomic E-state index is -0.992. The molecule has 2 amide bonds. The second kappa shape index (κ2) is 8.22. The summed E-state index contributed by atoms with van der Waals surface area (Å²) in [6.45, 7) is 4.67. The second-order valence-electron chi connectivity index (χ2n) is 6.88. The number of ether oxygens (including phenoxy) is 2. The molecule has 0 atom stereocenters. The van der Waals surface area contributed by atoms with Crippen LogP contribution in [-0.2, 0) is 25.6 Å². The molecule has 0 bridgehead atoms. The van der Waals surface area contributed by atoms with Gasteiger partial charge in [0.2, 0.25) is 0 Å². The van der Waals surface area contributed by atoms with E-state index in [-0.39, 0.29) is 5.91 Å². The molecule has 1 spiro atoms. The van der Waals surface area contributed by atoms with E-state index in [0.717, 1.165) is 5.56 Å². The molecule has 0 saturated carbocycles. The minimum Gasteiger partial charge on any atom is -0.450 e. The van der Waals surface area contributed by atoms with Crippen LogP contribution >= 0.6 is 11.6 Å². The lowest BCUT2D eigenvalue weighted by molar-refractivity contribution is -0.150. The predicted octanol–water partition coefficient (Wildman–Crippen LogP) is 2.82. The molecule has 0 aromatic heterocycles. The zero-order valence-electron chi connectivity index (χ0n) is 15.9. The molecule has 7 nitrogen and oxygen atoms in total. The van der Waals surface area contributed by atoms with Crippen molar-refractivity contribution in [3.63, 3.8) is 0 Å². The summed E-state index contributed by atoms with van der Waals surface area (Å²) in [4.78, 5) is 38.6. The number of hydrogen-bond donors (Lipinski definition) is 1. The molecular weight excluding hydrogens is 384 g/mol. The van der Waals surface area contributed by atoms with Gasteiger partial charge in [-0.3, -0.25) is 4.79 Å². The van der Waals surface area contributed by atoms with Crippen LogP contribution in [0.2, 0.25) is 5.02 Å². The van der Waals surface area contributed by atoms with Crippen molar-refractivity contribution in [2.45, 2.75) is 38.8 Å². The summed E-state index contributed by atoms with van der Waals surface area (Å²) < 4.78 is 10.6. The van der Waals surface area contributed by atoms with E-state index in [0.29, 0.717) is 55.3 Å². The highest BCUT2D eigenvalue weighted by Gasteiger charge is 2.51. The van der Waals surface area contributed by atoms with E-state index in [1.165, 1.54) is 0 Å². The van der Waals surface area contributed by atoms with Gasteiger partial charge in [0.1, 0.15) is 5.60 Å². The third-order valence-electron chi connectivity index (χ3n) is 5.12. The van der Waals surface area contributed by atoms with Gasteiger partial charge in [0.25, 0.3) is 5.91 Å². The summed E-state index contributed by atoms with van der Waals surface area (Å²) >= 11 is 5.88. The monoisotopic (exact) mass is 406 g/mol. The smallest absolute Gasteiger partial charge is 0.409 e. The van der Waals surface area contributed by atoms with Gasteiger partial charge in [0, 0.05) is 43.1 Å². The molecular formula is C20H23ClN2O5. The van der Waals surface area contributed by atoms with Crippen molar-refractivity contribution in [3.8, 4) is 0 Å². The molecule has 0 aliphatic carbocycles. The van der Waals surface area contributed by atoms with Crippen molar-refractivity contribution in [2.24, 2.45) is 0 Å². The Labute approximate surface area is 168 Å². The number of halogens is 1. The molecule has 1 saturated heterocycles. The third kappa shape index (κ3) is 3.99. The number of nitrogens with one attached hydrogen (secondary N) is 1. The van der Waals surface area contributed by atoms with E-state index < -0.39 is 17.7 Å². The summed E-state index contributed by atoms with van der Waals surface area (Å²) in [7, 11) is 0. The Balaban J connectivity index is 1.71. The Morgan fingerprint density at radius 2 is 1.89 bits per heavy atom. The third-order valence-corrected chi connectivity index (χ3v) is 5.37. The van der Waals surface area contributed by atoms with E-state index in [1.807, 2.05) is 12.1 Å². The molecule has 2 aliphatic heterocycles. The molecule has 1 aromatic carbocycles. The average molecular weight is 407 g/mol. The Bertz CT molecular complexity index is 810. The Kier molecular flexibility index (Phi) is 5.93. The zero-order valence-corrected chi connectivity index (χ0v) is 16.7. The number of rotatable bonds is 4. The van der Waals surface area contributed by atoms with Gasteiger partial charge in [0.05, 0.1) is 12.2 Å². The van der Waals surface area contributed by atoms with Crippen LogP contribution in [0, 0.1) is 0 Å². The molecule has 8 heteroatoms. The molecule has 2 heterocycles. The van der Waals surface area contributed by atoms with Gasteiger partial charge < -0.3 is 19.7 Å². The second-order valence-corrected chi connectivity index (χ2v) is 7.32. The molecule has 1 N–H and O–H groups in total. The van der Waals surface area contributed by atoms with Gasteiger partial charge in [-0.05, 0) is 31.5 Å². The van der Waals surface area contributed by atoms with Crippen molar-refractivity contribution in [1.29, 1.82) is 0 Å². The van der Waals surface area contributed by atoms with Crippen molar-refractivity contribution < 1.29 is 23.9 Å². The topological polar surface area (TPSA) is 84.9 Å². The molecule has 0 unspecified atom stereocenters. The number of likely N-dealkylation sites (tertiary alicyclic amines) is 1. The normalized spacial score (nSPS) is 18.2. The van der Waals surface area contributed by atoms with Gasteiger partial charge in [-0.15, -0.1) is 0 Å². The van der Waals surface area contributed by atoms with Crippen LogP contribution in [0.25, 0.3) is 0 Å². The fourth-order valence-corrected chi connectivity index (χ4v) is 3.74. The standard InChI is InChI=1S/C20H23ClN2O5/c1-3-27-19(26)23-10-8-20(9-11-23)16(13(2)18(25)28-20)17(24)22-12-14-4-6-15(21)7-5-14/h4-7H,3,8-12H2,1-2H3,(H,22,24). The zero-order chi connectivity index (χ0) is 20.3. The van der Waals surface area contributed by atoms with Crippen LogP contribution in [0.15, 0.2) is 35.4 Å². The largest absolute Gasteiger partial charge is 0.450 e. The summed E-state index contributed by atoms with van der Waals surface area (Å²) in [5.74, 6) is -0.816. The van der Waals surface area contributed by atoms with E-state index in [4.69, 9.17) is 21.1 Å². The Hall–Kier alpha value is -2.54. The number of esters is 1. The van der Waals surface area contributed by atoms with Gasteiger partial charge in [0.15, 0.2) is 0 Å². The van der Waals surface area contributed by atoms with Crippen LogP contribution in [-0.4, -0.2) is 48.2 Å². The number of hydrogen-bond acceptors (Lipinski definition) is 5. The highest BCUT2D eigenvalue weighted by Crippen LogP contribution is 2.41. The lowest BCUT2D eigenvalue weighted by Gasteiger charge is -2.38. The van der Waals surface area contributed by atoms with Crippen LogP contribution in [0.4, 0.5) is 4.79 Å². The summed E-state index contributed by atoms with van der Waals surface area (Å²) in [6, 6.07) is 7.16. The summed E-state index contributed by atoms with van der Waals surface area (Å²) in [6.07, 6.45) is 0.327. The van der Waals surface area contributed by atoms with E-state index in [1.54, 1.807) is 30.9 Å². The predicted molar refractivity (Wildman–Crippen MR) is 103 cm³/mol. The van der Waals surface area contributed by atoms with E-state index in [2.05, 4.69) is 5.32 Å². The quantitative estimate of drug-likeness (QED) is 0.777. The fourth-order valence-electron chi connectivity index (χ4n) is 3.62. The molecule has 0 radical (unpaired) electrons. The lowest BCUT2D eigenvalue weighted by Crippen LogP contribution is -2.50. The summed E-state index contributed by atoms with van der Waals surface area (Å²) in [5, 5.41) is 3.48. The Morgan fingerprint density at radius 3 is 2.50 bits per heavy atom. The van der Waals surface area contributed by atoms with E-state index >= 15 is 0 Å². The first-order valence-corrected chi connectivity index (χ1v) is 9.63. The number of piperidine rings is 1. The first-order valence-electron chi connectivity index (χ1n) is 9.25. The van der Waals surface area contributed by atoms with Crippen LogP contribution < -0.4 is 5.32 Å². The number of carbonyl (C=O) groups excluding carboxylic acids is 3. The highest BCUT2D eigenvalue weighted by atomic mass is 35.5. The molecule has 3 rings (SSSR count). The molecule has 1 aromatic rings. The average Bonchev–Trinajstić information content (AvgIpc) is 2.91. The fraction of sp³-hybridized carbons (Fsp3) is 0.450. The van der Waals surface area contributed by atoms with Crippen molar-refractivity contribution >= 4 is 29.6 Å². The van der Waals surface area contributed by atoms with Gasteiger partial charge >= 0.3 is 12.1 Å². The van der Waals surface area contributed by atoms with Crippen molar-refractivity contribution in [2.75, 3.05) is 19.7 Å². The Morgan fingerprint density at radius 1 is 1.25 bits per heavy atom. The van der Waals surface area contributed by atoms with Crippen LogP contribution in [0.1, 0.15) is 32.3 Å². The number of nitrogens with zero attached hydrogens (tertiary/aromatic N) is 1. The maximum atomic E-state index is 12.9. The van der Waals surface area contributed by atoms with E-state index in [9.17, 15) is 14.4 Å². The van der Waals surface area contributed by atoms with Crippen LogP contribution in [0.5, 0.6) is 0 Å². The molecule has 2 aliphatic rings. The molecule has 1 fully saturated rings. The van der Waals surface area contributed by atoms with Crippen LogP contribution in [0.3, 0.4) is 0 Å².